The van der Waals surface area contributed by atoms with E-state index in [1.165, 1.54) is 11.0 Å². The van der Waals surface area contributed by atoms with Crippen LogP contribution in [0.4, 0.5) is 0 Å². The van der Waals surface area contributed by atoms with Crippen LogP contribution >= 0.6 is 11.3 Å². The molecule has 0 bridgehead atoms. The average molecular weight is 391 g/mol. The van der Waals surface area contributed by atoms with Crippen LogP contribution in [0.15, 0.2) is 78.4 Å². The van der Waals surface area contributed by atoms with Crippen LogP contribution in [0.2, 0.25) is 0 Å². The molecule has 1 atom stereocenters. The number of hydrogen-bond acceptors (Lipinski definition) is 6. The molecule has 7 nitrogen and oxygen atoms in total. The Labute approximate surface area is 165 Å². The summed E-state index contributed by atoms with van der Waals surface area (Å²) in [5, 5.41) is 16.1. The molecule has 0 aliphatic rings. The molecule has 1 amide bonds. The zero-order valence-electron chi connectivity index (χ0n) is 14.8. The number of aromatic nitrogens is 4. The minimum absolute atomic E-state index is 0.0895. The fourth-order valence-corrected chi connectivity index (χ4v) is 3.57. The topological polar surface area (TPSA) is 81.9 Å². The number of nitrogens with one attached hydrogen (secondary N) is 1. The molecular formula is C20H17N5O2S. The van der Waals surface area contributed by atoms with Gasteiger partial charge in [0.1, 0.15) is 12.1 Å². The number of hydrogen-bond donors (Lipinski definition) is 1. The van der Waals surface area contributed by atoms with Crippen molar-refractivity contribution in [1.29, 1.82) is 0 Å². The summed E-state index contributed by atoms with van der Waals surface area (Å²) in [7, 11) is 0. The van der Waals surface area contributed by atoms with Crippen molar-refractivity contribution in [2.45, 2.75) is 6.04 Å². The van der Waals surface area contributed by atoms with Gasteiger partial charge in [-0.15, -0.1) is 16.4 Å². The SMILES string of the molecule is O=C(COc1cccc(-n2cnnn2)c1)NC(c1ccccc1)c1cccs1. The summed E-state index contributed by atoms with van der Waals surface area (Å²) < 4.78 is 7.19. The number of thiophene rings is 1. The molecule has 0 saturated carbocycles. The van der Waals surface area contributed by atoms with Gasteiger partial charge in [-0.1, -0.05) is 42.5 Å². The second kappa shape index (κ2) is 8.45. The summed E-state index contributed by atoms with van der Waals surface area (Å²) in [6.07, 6.45) is 1.50. The molecule has 4 aromatic rings. The van der Waals surface area contributed by atoms with Gasteiger partial charge in [-0.3, -0.25) is 4.79 Å². The Morgan fingerprint density at radius 2 is 2.00 bits per heavy atom. The number of carbonyl (C=O) groups is 1. The van der Waals surface area contributed by atoms with Gasteiger partial charge in [0.2, 0.25) is 0 Å². The van der Waals surface area contributed by atoms with E-state index in [2.05, 4.69) is 20.8 Å². The largest absolute Gasteiger partial charge is 0.484 e. The molecule has 140 valence electrons. The minimum atomic E-state index is -0.204. The summed E-state index contributed by atoms with van der Waals surface area (Å²) in [6, 6.07) is 20.9. The van der Waals surface area contributed by atoms with E-state index in [1.807, 2.05) is 60.0 Å². The molecule has 1 N–H and O–H groups in total. The van der Waals surface area contributed by atoms with E-state index in [-0.39, 0.29) is 18.6 Å². The van der Waals surface area contributed by atoms with E-state index in [0.29, 0.717) is 5.75 Å². The Kier molecular flexibility index (Phi) is 5.39. The van der Waals surface area contributed by atoms with Gasteiger partial charge in [0, 0.05) is 10.9 Å². The normalized spacial score (nSPS) is 11.7. The molecule has 0 saturated heterocycles. The Balaban J connectivity index is 1.43. The van der Waals surface area contributed by atoms with E-state index < -0.39 is 0 Å². The van der Waals surface area contributed by atoms with Crippen LogP contribution in [0.1, 0.15) is 16.5 Å². The highest BCUT2D eigenvalue weighted by Gasteiger charge is 2.18. The lowest BCUT2D eigenvalue weighted by Crippen LogP contribution is -2.32. The predicted molar refractivity (Wildman–Crippen MR) is 105 cm³/mol. The van der Waals surface area contributed by atoms with E-state index >= 15 is 0 Å². The Bertz CT molecular complexity index is 1020. The molecule has 0 fully saturated rings. The van der Waals surface area contributed by atoms with E-state index in [9.17, 15) is 4.79 Å². The van der Waals surface area contributed by atoms with E-state index in [0.717, 1.165) is 16.1 Å². The Morgan fingerprint density at radius 1 is 1.11 bits per heavy atom. The maximum absolute atomic E-state index is 12.5. The highest BCUT2D eigenvalue weighted by molar-refractivity contribution is 7.10. The highest BCUT2D eigenvalue weighted by atomic mass is 32.1. The first kappa shape index (κ1) is 17.9. The van der Waals surface area contributed by atoms with Crippen molar-refractivity contribution in [3.63, 3.8) is 0 Å². The predicted octanol–water partition coefficient (Wildman–Crippen LogP) is 3.01. The number of nitrogens with zero attached hydrogens (tertiary/aromatic N) is 4. The molecule has 0 radical (unpaired) electrons. The van der Waals surface area contributed by atoms with Crippen molar-refractivity contribution in [2.75, 3.05) is 6.61 Å². The average Bonchev–Trinajstić information content (AvgIpc) is 3.46. The quantitative estimate of drug-likeness (QED) is 0.524. The first-order chi connectivity index (χ1) is 13.8. The second-order valence-corrected chi connectivity index (χ2v) is 6.95. The third-order valence-electron chi connectivity index (χ3n) is 4.07. The van der Waals surface area contributed by atoms with Crippen molar-refractivity contribution in [2.24, 2.45) is 0 Å². The fourth-order valence-electron chi connectivity index (χ4n) is 2.77. The minimum Gasteiger partial charge on any atom is -0.484 e. The van der Waals surface area contributed by atoms with Crippen LogP contribution in [-0.4, -0.2) is 32.7 Å². The van der Waals surface area contributed by atoms with Crippen LogP contribution in [0.3, 0.4) is 0 Å². The third-order valence-corrected chi connectivity index (χ3v) is 5.00. The van der Waals surface area contributed by atoms with Crippen molar-refractivity contribution < 1.29 is 9.53 Å². The number of ether oxygens (including phenoxy) is 1. The van der Waals surface area contributed by atoms with Crippen molar-refractivity contribution in [3.05, 3.63) is 88.9 Å². The van der Waals surface area contributed by atoms with Crippen LogP contribution < -0.4 is 10.1 Å². The summed E-state index contributed by atoms with van der Waals surface area (Å²) >= 11 is 1.61. The lowest BCUT2D eigenvalue weighted by molar-refractivity contribution is -0.123. The fraction of sp³-hybridized carbons (Fsp3) is 0.100. The van der Waals surface area contributed by atoms with Gasteiger partial charge in [0.25, 0.3) is 5.91 Å². The number of tetrazole rings is 1. The molecule has 0 aliphatic carbocycles. The van der Waals surface area contributed by atoms with Crippen molar-refractivity contribution in [3.8, 4) is 11.4 Å². The smallest absolute Gasteiger partial charge is 0.258 e. The van der Waals surface area contributed by atoms with Crippen molar-refractivity contribution in [1.82, 2.24) is 25.5 Å². The molecule has 2 aromatic carbocycles. The summed E-state index contributed by atoms with van der Waals surface area (Å²) in [5.74, 6) is 0.366. The molecular weight excluding hydrogens is 374 g/mol. The van der Waals surface area contributed by atoms with Gasteiger partial charge >= 0.3 is 0 Å². The van der Waals surface area contributed by atoms with Gasteiger partial charge in [-0.05, 0) is 39.6 Å². The summed E-state index contributed by atoms with van der Waals surface area (Å²) in [4.78, 5) is 13.6. The zero-order chi connectivity index (χ0) is 19.2. The molecule has 28 heavy (non-hydrogen) atoms. The first-order valence-corrected chi connectivity index (χ1v) is 9.51. The highest BCUT2D eigenvalue weighted by Crippen LogP contribution is 2.26. The maximum atomic E-state index is 12.5. The van der Waals surface area contributed by atoms with Crippen LogP contribution in [0, 0.1) is 0 Å². The maximum Gasteiger partial charge on any atom is 0.258 e. The molecule has 2 heterocycles. The molecule has 8 heteroatoms. The first-order valence-electron chi connectivity index (χ1n) is 8.63. The van der Waals surface area contributed by atoms with Crippen LogP contribution in [-0.2, 0) is 4.79 Å². The molecule has 2 aromatic heterocycles. The van der Waals surface area contributed by atoms with Crippen molar-refractivity contribution >= 4 is 17.2 Å². The molecule has 4 rings (SSSR count). The Hall–Kier alpha value is -3.52. The number of rotatable bonds is 7. The zero-order valence-corrected chi connectivity index (χ0v) is 15.6. The van der Waals surface area contributed by atoms with E-state index in [1.54, 1.807) is 23.5 Å². The number of carbonyl (C=O) groups excluding carboxylic acids is 1. The summed E-state index contributed by atoms with van der Waals surface area (Å²) in [5.41, 5.74) is 1.78. The van der Waals surface area contributed by atoms with E-state index in [4.69, 9.17) is 4.74 Å². The van der Waals surface area contributed by atoms with Gasteiger partial charge < -0.3 is 10.1 Å². The monoisotopic (exact) mass is 391 g/mol. The van der Waals surface area contributed by atoms with Gasteiger partial charge in [-0.2, -0.15) is 0 Å². The summed E-state index contributed by atoms with van der Waals surface area (Å²) in [6.45, 7) is -0.0895. The van der Waals surface area contributed by atoms with Crippen LogP contribution in [0.25, 0.3) is 5.69 Å². The van der Waals surface area contributed by atoms with Crippen LogP contribution in [0.5, 0.6) is 5.75 Å². The standard InChI is InChI=1S/C20H17N5O2S/c26-19(13-27-17-9-4-8-16(12-17)25-14-21-23-24-25)22-20(18-10-5-11-28-18)15-6-2-1-3-7-15/h1-12,14,20H,13H2,(H,22,26). The third kappa shape index (κ3) is 4.24. The second-order valence-electron chi connectivity index (χ2n) is 5.97. The van der Waals surface area contributed by atoms with Gasteiger partial charge in [0.15, 0.2) is 6.61 Å². The van der Waals surface area contributed by atoms with Gasteiger partial charge in [0.05, 0.1) is 11.7 Å². The Morgan fingerprint density at radius 3 is 2.75 bits per heavy atom. The number of amides is 1. The molecule has 0 aliphatic heterocycles. The molecule has 1 unspecified atom stereocenters. The van der Waals surface area contributed by atoms with Gasteiger partial charge in [-0.25, -0.2) is 4.68 Å². The molecule has 0 spiro atoms. The number of benzene rings is 2. The lowest BCUT2D eigenvalue weighted by Gasteiger charge is -2.18. The lowest BCUT2D eigenvalue weighted by atomic mass is 10.1.